The van der Waals surface area contributed by atoms with Crippen molar-refractivity contribution in [1.82, 2.24) is 9.88 Å². The number of fused-ring (bicyclic) bond motifs is 1. The van der Waals surface area contributed by atoms with Gasteiger partial charge >= 0.3 is 0 Å². The van der Waals surface area contributed by atoms with Crippen molar-refractivity contribution < 1.29 is 14.7 Å². The number of aromatic nitrogens is 1. The first kappa shape index (κ1) is 17.3. The third-order valence-corrected chi connectivity index (χ3v) is 3.81. The summed E-state index contributed by atoms with van der Waals surface area (Å²) in [6.45, 7) is 6.20. The zero-order valence-corrected chi connectivity index (χ0v) is 13.3. The fourth-order valence-corrected chi connectivity index (χ4v) is 2.60. The monoisotopic (exact) mass is 329 g/mol. The van der Waals surface area contributed by atoms with Crippen LogP contribution in [0, 0.1) is 0 Å². The van der Waals surface area contributed by atoms with Crippen LogP contribution < -0.4 is 11.3 Å². The van der Waals surface area contributed by atoms with Crippen LogP contribution in [0.2, 0.25) is 0 Å². The van der Waals surface area contributed by atoms with Gasteiger partial charge in [0, 0.05) is 13.1 Å². The van der Waals surface area contributed by atoms with Gasteiger partial charge in [0.1, 0.15) is 5.69 Å². The molecular weight excluding hydrogens is 310 g/mol. The summed E-state index contributed by atoms with van der Waals surface area (Å²) >= 11 is 0. The van der Waals surface area contributed by atoms with Crippen molar-refractivity contribution in [3.05, 3.63) is 63.6 Å². The average molecular weight is 329 g/mol. The summed E-state index contributed by atoms with van der Waals surface area (Å²) in [5, 5.41) is 9.98. The molecule has 24 heavy (non-hydrogen) atoms. The second-order valence-corrected chi connectivity index (χ2v) is 5.34. The number of aromatic hydroxyl groups is 1. The van der Waals surface area contributed by atoms with Crippen LogP contribution in [0.4, 0.5) is 0 Å². The molecule has 2 rings (SSSR count). The maximum absolute atomic E-state index is 12.7. The van der Waals surface area contributed by atoms with E-state index in [1.54, 1.807) is 6.08 Å². The quantitative estimate of drug-likeness (QED) is 0.695. The van der Waals surface area contributed by atoms with Crippen LogP contribution >= 0.6 is 0 Å². The lowest BCUT2D eigenvalue weighted by atomic mass is 9.96. The molecule has 0 saturated carbocycles. The minimum atomic E-state index is -0.911. The number of H-pyrrole nitrogens is 1. The van der Waals surface area contributed by atoms with Crippen LogP contribution in [0.1, 0.15) is 33.3 Å². The lowest BCUT2D eigenvalue weighted by molar-refractivity contribution is 0.0751. The number of carbonyl (C=O) groups is 2. The van der Waals surface area contributed by atoms with E-state index in [4.69, 9.17) is 5.73 Å². The highest BCUT2D eigenvalue weighted by atomic mass is 16.3. The number of pyridine rings is 1. The molecule has 0 saturated heterocycles. The molecule has 1 aliphatic rings. The molecule has 4 N–H and O–H groups in total. The van der Waals surface area contributed by atoms with E-state index in [1.807, 2.05) is 25.2 Å². The van der Waals surface area contributed by atoms with Gasteiger partial charge in [-0.2, -0.15) is 0 Å². The minimum absolute atomic E-state index is 0.130. The van der Waals surface area contributed by atoms with Gasteiger partial charge in [-0.25, -0.2) is 0 Å². The van der Waals surface area contributed by atoms with Gasteiger partial charge < -0.3 is 20.7 Å². The molecule has 0 atom stereocenters. The first-order valence-corrected chi connectivity index (χ1v) is 7.42. The minimum Gasteiger partial charge on any atom is -0.502 e. The first-order valence-electron chi connectivity index (χ1n) is 7.42. The Bertz CT molecular complexity index is 818. The molecular formula is C17H19N3O4. The number of nitrogens with zero attached hydrogens (tertiary/aromatic N) is 1. The molecule has 2 amide bonds. The normalized spacial score (nSPS) is 14.8. The van der Waals surface area contributed by atoms with Crippen LogP contribution in [-0.2, 0) is 6.42 Å². The lowest BCUT2D eigenvalue weighted by Gasteiger charge is -2.29. The van der Waals surface area contributed by atoms with E-state index in [0.717, 1.165) is 5.57 Å². The highest BCUT2D eigenvalue weighted by molar-refractivity contribution is 6.03. The van der Waals surface area contributed by atoms with Gasteiger partial charge in [-0.15, -0.1) is 0 Å². The Hall–Kier alpha value is -3.09. The molecule has 2 heterocycles. The summed E-state index contributed by atoms with van der Waals surface area (Å²) in [4.78, 5) is 39.6. The Morgan fingerprint density at radius 3 is 2.75 bits per heavy atom. The predicted octanol–water partition coefficient (Wildman–Crippen LogP) is 0.866. The number of hydrogen-bond donors (Lipinski definition) is 3. The van der Waals surface area contributed by atoms with Crippen molar-refractivity contribution in [2.75, 3.05) is 13.1 Å². The van der Waals surface area contributed by atoms with Crippen LogP contribution in [0.25, 0.3) is 0 Å². The number of rotatable bonds is 5. The maximum Gasteiger partial charge on any atom is 0.291 e. The van der Waals surface area contributed by atoms with E-state index in [0.29, 0.717) is 13.0 Å². The second kappa shape index (κ2) is 6.99. The largest absolute Gasteiger partial charge is 0.502 e. The smallest absolute Gasteiger partial charge is 0.291 e. The van der Waals surface area contributed by atoms with Crippen molar-refractivity contribution >= 4 is 11.8 Å². The molecule has 1 aliphatic heterocycles. The van der Waals surface area contributed by atoms with Gasteiger partial charge in [-0.3, -0.25) is 14.4 Å². The number of allylic oxidation sites excluding steroid dienone is 3. The molecule has 0 spiro atoms. The topological polar surface area (TPSA) is 116 Å². The zero-order valence-electron chi connectivity index (χ0n) is 13.3. The molecule has 0 aliphatic carbocycles. The Kier molecular flexibility index (Phi) is 5.03. The van der Waals surface area contributed by atoms with Gasteiger partial charge in [0.05, 0.1) is 5.56 Å². The predicted molar refractivity (Wildman–Crippen MR) is 89.9 cm³/mol. The number of aromatic amines is 1. The van der Waals surface area contributed by atoms with Crippen molar-refractivity contribution in [2.45, 2.75) is 13.3 Å². The molecule has 7 heteroatoms. The number of amides is 2. The van der Waals surface area contributed by atoms with E-state index in [2.05, 4.69) is 11.6 Å². The number of nitrogens with two attached hydrogens (primary N) is 1. The summed E-state index contributed by atoms with van der Waals surface area (Å²) in [7, 11) is 0. The maximum atomic E-state index is 12.7. The molecule has 1 aromatic heterocycles. The van der Waals surface area contributed by atoms with Gasteiger partial charge in [-0.1, -0.05) is 30.9 Å². The van der Waals surface area contributed by atoms with E-state index in [1.165, 1.54) is 4.90 Å². The van der Waals surface area contributed by atoms with Gasteiger partial charge in [0.15, 0.2) is 5.75 Å². The SMILES string of the molecule is C=C/C(=C\C=C/C)CN1CCc2c(C(N)=O)[nH]c(=O)c(O)c2C1=O. The third kappa shape index (κ3) is 3.15. The van der Waals surface area contributed by atoms with Gasteiger partial charge in [0.2, 0.25) is 0 Å². The van der Waals surface area contributed by atoms with E-state index >= 15 is 0 Å². The van der Waals surface area contributed by atoms with E-state index in [9.17, 15) is 19.5 Å². The summed E-state index contributed by atoms with van der Waals surface area (Å²) in [5.41, 5.74) is 5.13. The molecule has 7 nitrogen and oxygen atoms in total. The molecule has 0 aromatic carbocycles. The molecule has 0 unspecified atom stereocenters. The number of primary amides is 1. The summed E-state index contributed by atoms with van der Waals surface area (Å²) in [5.74, 6) is -2.05. The van der Waals surface area contributed by atoms with Crippen molar-refractivity contribution in [1.29, 1.82) is 0 Å². The third-order valence-electron chi connectivity index (χ3n) is 3.81. The summed E-state index contributed by atoms with van der Waals surface area (Å²) in [6, 6.07) is 0. The Morgan fingerprint density at radius 1 is 1.46 bits per heavy atom. The fraction of sp³-hybridized carbons (Fsp3) is 0.235. The number of carbonyl (C=O) groups excluding carboxylic acids is 2. The number of nitrogens with one attached hydrogen (secondary N) is 1. The van der Waals surface area contributed by atoms with Crippen molar-refractivity contribution in [2.24, 2.45) is 5.73 Å². The summed E-state index contributed by atoms with van der Waals surface area (Å²) in [6.07, 6.45) is 7.43. The van der Waals surface area contributed by atoms with E-state index in [-0.39, 0.29) is 23.4 Å². The first-order chi connectivity index (χ1) is 11.4. The summed E-state index contributed by atoms with van der Waals surface area (Å²) < 4.78 is 0. The average Bonchev–Trinajstić information content (AvgIpc) is 2.55. The second-order valence-electron chi connectivity index (χ2n) is 5.34. The zero-order chi connectivity index (χ0) is 17.9. The van der Waals surface area contributed by atoms with Crippen LogP contribution in [-0.4, -0.2) is 39.9 Å². The fourth-order valence-electron chi connectivity index (χ4n) is 2.60. The molecule has 0 fully saturated rings. The molecule has 0 bridgehead atoms. The number of hydrogen-bond acceptors (Lipinski definition) is 4. The molecule has 0 radical (unpaired) electrons. The highest BCUT2D eigenvalue weighted by Crippen LogP contribution is 2.26. The van der Waals surface area contributed by atoms with Crippen molar-refractivity contribution in [3.63, 3.8) is 0 Å². The van der Waals surface area contributed by atoms with Crippen LogP contribution in [0.5, 0.6) is 5.75 Å². The Labute approximate surface area is 138 Å². The lowest BCUT2D eigenvalue weighted by Crippen LogP contribution is -2.41. The Morgan fingerprint density at radius 2 is 2.17 bits per heavy atom. The van der Waals surface area contributed by atoms with E-state index < -0.39 is 23.1 Å². The highest BCUT2D eigenvalue weighted by Gasteiger charge is 2.32. The van der Waals surface area contributed by atoms with Crippen LogP contribution in [0.15, 0.2) is 41.3 Å². The van der Waals surface area contributed by atoms with Gasteiger partial charge in [-0.05, 0) is 24.5 Å². The Balaban J connectivity index is 2.45. The molecule has 126 valence electrons. The molecule has 1 aromatic rings. The standard InChI is InChI=1S/C17H19N3O4/c1-3-5-6-10(4-2)9-20-8-7-11-12(17(20)24)14(21)16(23)19-13(11)15(18)22/h3-6,21H,2,7-9H2,1H3,(H2,18,22)(H,19,23)/b5-3-,10-6+. The van der Waals surface area contributed by atoms with Gasteiger partial charge in [0.25, 0.3) is 17.4 Å². The van der Waals surface area contributed by atoms with Crippen LogP contribution in [0.3, 0.4) is 0 Å². The van der Waals surface area contributed by atoms with Crippen molar-refractivity contribution in [3.8, 4) is 5.75 Å².